The summed E-state index contributed by atoms with van der Waals surface area (Å²) in [7, 11) is 0. The van der Waals surface area contributed by atoms with Crippen LogP contribution >= 0.6 is 11.6 Å². The third-order valence-corrected chi connectivity index (χ3v) is 2.95. The molecule has 0 saturated heterocycles. The summed E-state index contributed by atoms with van der Waals surface area (Å²) >= 11 is 5.60. The lowest BCUT2D eigenvalue weighted by Crippen LogP contribution is -2.58. The van der Waals surface area contributed by atoms with Crippen LogP contribution < -0.4 is 0 Å². The summed E-state index contributed by atoms with van der Waals surface area (Å²) in [5.74, 6) is -0.522. The highest BCUT2D eigenvalue weighted by Crippen LogP contribution is 2.29. The number of halogens is 1. The third kappa shape index (κ3) is 1.45. The van der Waals surface area contributed by atoms with E-state index in [0.717, 1.165) is 0 Å². The molecule has 0 amide bonds. The first-order valence-electron chi connectivity index (χ1n) is 3.83. The largest absolute Gasteiger partial charge is 0.391 e. The Morgan fingerprint density at radius 1 is 0.833 bits per heavy atom. The molecular formula is C7H13ClO4. The number of aliphatic hydroxyl groups is 4. The first-order valence-corrected chi connectivity index (χ1v) is 4.26. The van der Waals surface area contributed by atoms with E-state index in [0.29, 0.717) is 0 Å². The van der Waals surface area contributed by atoms with Gasteiger partial charge in [0.05, 0.1) is 17.6 Å². The van der Waals surface area contributed by atoms with Crippen molar-refractivity contribution in [3.8, 4) is 0 Å². The van der Waals surface area contributed by atoms with Gasteiger partial charge in [-0.2, -0.15) is 0 Å². The minimum absolute atomic E-state index is 0.522. The van der Waals surface area contributed by atoms with Gasteiger partial charge in [-0.25, -0.2) is 0 Å². The average Bonchev–Trinajstić information content (AvgIpc) is 2.08. The summed E-state index contributed by atoms with van der Waals surface area (Å²) in [6, 6.07) is 0. The maximum absolute atomic E-state index is 9.34. The topological polar surface area (TPSA) is 80.9 Å². The van der Waals surface area contributed by atoms with Crippen LogP contribution in [0.3, 0.4) is 0 Å². The zero-order chi connectivity index (χ0) is 9.46. The Labute approximate surface area is 75.4 Å². The van der Waals surface area contributed by atoms with E-state index in [9.17, 15) is 20.4 Å². The molecule has 0 aromatic carbocycles. The molecule has 1 unspecified atom stereocenters. The first kappa shape index (κ1) is 10.2. The van der Waals surface area contributed by atoms with Crippen LogP contribution in [0.15, 0.2) is 0 Å². The molecule has 0 heterocycles. The van der Waals surface area contributed by atoms with E-state index >= 15 is 0 Å². The lowest BCUT2D eigenvalue weighted by Gasteiger charge is -2.40. The smallest absolute Gasteiger partial charge is 0.108 e. The molecule has 0 aromatic heterocycles. The van der Waals surface area contributed by atoms with E-state index in [1.54, 1.807) is 6.92 Å². The Morgan fingerprint density at radius 3 is 1.83 bits per heavy atom. The lowest BCUT2D eigenvalue weighted by molar-refractivity contribution is -0.142. The summed E-state index contributed by atoms with van der Waals surface area (Å²) < 4.78 is 0. The number of rotatable bonds is 0. The van der Waals surface area contributed by atoms with Crippen LogP contribution in [0.4, 0.5) is 0 Å². The standard InChI is InChI=1S/C7H13ClO4/c1-2-4(9)3(8)6(11)7(12)5(2)10/h2-7,9-12H,1H3/t2-,3+,4-,5+,6-,7?/m0/s1. The molecule has 0 bridgehead atoms. The van der Waals surface area contributed by atoms with Gasteiger partial charge in [0.25, 0.3) is 0 Å². The van der Waals surface area contributed by atoms with Crippen LogP contribution in [-0.2, 0) is 0 Å². The van der Waals surface area contributed by atoms with Gasteiger partial charge in [0, 0.05) is 5.92 Å². The summed E-state index contributed by atoms with van der Waals surface area (Å²) in [6.07, 6.45) is -4.65. The van der Waals surface area contributed by atoms with Crippen molar-refractivity contribution in [1.82, 2.24) is 0 Å². The zero-order valence-corrected chi connectivity index (χ0v) is 7.39. The van der Waals surface area contributed by atoms with Crippen LogP contribution in [0, 0.1) is 5.92 Å². The Balaban J connectivity index is 2.76. The number of hydrogen-bond donors (Lipinski definition) is 4. The molecule has 1 rings (SSSR count). The molecule has 0 aromatic rings. The van der Waals surface area contributed by atoms with Crippen molar-refractivity contribution >= 4 is 11.6 Å². The van der Waals surface area contributed by atoms with Crippen molar-refractivity contribution in [3.63, 3.8) is 0 Å². The second-order valence-electron chi connectivity index (χ2n) is 3.27. The van der Waals surface area contributed by atoms with Gasteiger partial charge < -0.3 is 20.4 Å². The van der Waals surface area contributed by atoms with E-state index < -0.39 is 35.7 Å². The lowest BCUT2D eigenvalue weighted by atomic mass is 9.81. The Morgan fingerprint density at radius 2 is 1.33 bits per heavy atom. The van der Waals surface area contributed by atoms with Gasteiger partial charge in [0.15, 0.2) is 0 Å². The quantitative estimate of drug-likeness (QED) is 0.363. The van der Waals surface area contributed by atoms with Crippen molar-refractivity contribution in [2.75, 3.05) is 0 Å². The molecule has 0 aliphatic heterocycles. The maximum Gasteiger partial charge on any atom is 0.108 e. The maximum atomic E-state index is 9.34. The average molecular weight is 197 g/mol. The second kappa shape index (κ2) is 3.47. The van der Waals surface area contributed by atoms with Gasteiger partial charge >= 0.3 is 0 Å². The second-order valence-corrected chi connectivity index (χ2v) is 3.77. The number of alkyl halides is 1. The van der Waals surface area contributed by atoms with Crippen molar-refractivity contribution in [2.45, 2.75) is 36.7 Å². The molecule has 1 fully saturated rings. The van der Waals surface area contributed by atoms with Crippen LogP contribution in [0.2, 0.25) is 0 Å². The molecule has 4 nitrogen and oxygen atoms in total. The molecule has 1 saturated carbocycles. The van der Waals surface area contributed by atoms with E-state index in [1.807, 2.05) is 0 Å². The molecule has 1 aliphatic rings. The predicted molar refractivity (Wildman–Crippen MR) is 42.8 cm³/mol. The van der Waals surface area contributed by atoms with E-state index in [-0.39, 0.29) is 0 Å². The number of aliphatic hydroxyl groups excluding tert-OH is 4. The van der Waals surface area contributed by atoms with Gasteiger partial charge in [0.1, 0.15) is 12.2 Å². The Kier molecular flexibility index (Phi) is 2.96. The van der Waals surface area contributed by atoms with Crippen LogP contribution in [0.25, 0.3) is 0 Å². The molecule has 72 valence electrons. The van der Waals surface area contributed by atoms with Gasteiger partial charge in [-0.15, -0.1) is 11.6 Å². The highest BCUT2D eigenvalue weighted by atomic mass is 35.5. The molecule has 0 spiro atoms. The summed E-state index contributed by atoms with van der Waals surface area (Å²) in [5.41, 5.74) is 0. The van der Waals surface area contributed by atoms with E-state index in [4.69, 9.17) is 11.6 Å². The molecule has 0 radical (unpaired) electrons. The molecule has 4 N–H and O–H groups in total. The highest BCUT2D eigenvalue weighted by molar-refractivity contribution is 6.21. The van der Waals surface area contributed by atoms with Crippen molar-refractivity contribution in [2.24, 2.45) is 5.92 Å². The van der Waals surface area contributed by atoms with Gasteiger partial charge in [-0.05, 0) is 0 Å². The van der Waals surface area contributed by atoms with Gasteiger partial charge in [0.2, 0.25) is 0 Å². The molecule has 1 aliphatic carbocycles. The van der Waals surface area contributed by atoms with Crippen LogP contribution in [0.1, 0.15) is 6.92 Å². The monoisotopic (exact) mass is 196 g/mol. The van der Waals surface area contributed by atoms with Crippen LogP contribution in [-0.4, -0.2) is 50.2 Å². The van der Waals surface area contributed by atoms with Crippen molar-refractivity contribution in [1.29, 1.82) is 0 Å². The SMILES string of the molecule is C[C@H]1[C@H](O)[C@@H](Cl)[C@H](O)C(O)[C@@H]1O. The van der Waals surface area contributed by atoms with E-state index in [2.05, 4.69) is 0 Å². The third-order valence-electron chi connectivity index (χ3n) is 2.43. The van der Waals surface area contributed by atoms with Crippen molar-refractivity contribution in [3.05, 3.63) is 0 Å². The molecule has 6 atom stereocenters. The predicted octanol–water partition coefficient (Wildman–Crippen LogP) is -1.31. The fourth-order valence-electron chi connectivity index (χ4n) is 1.40. The molecule has 5 heteroatoms. The zero-order valence-electron chi connectivity index (χ0n) is 6.63. The minimum Gasteiger partial charge on any atom is -0.391 e. The first-order chi connectivity index (χ1) is 5.46. The summed E-state index contributed by atoms with van der Waals surface area (Å²) in [4.78, 5) is 0. The van der Waals surface area contributed by atoms with Gasteiger partial charge in [-0.1, -0.05) is 6.92 Å². The fourth-order valence-corrected chi connectivity index (χ4v) is 1.77. The Hall–Kier alpha value is 0.130. The van der Waals surface area contributed by atoms with Crippen LogP contribution in [0.5, 0.6) is 0 Å². The van der Waals surface area contributed by atoms with Crippen molar-refractivity contribution < 1.29 is 20.4 Å². The fraction of sp³-hybridized carbons (Fsp3) is 1.00. The highest BCUT2D eigenvalue weighted by Gasteiger charge is 2.45. The number of hydrogen-bond acceptors (Lipinski definition) is 4. The summed E-state index contributed by atoms with van der Waals surface area (Å²) in [5, 5.41) is 36.1. The Bertz CT molecular complexity index is 107. The minimum atomic E-state index is -1.27. The molecule has 12 heavy (non-hydrogen) atoms. The normalized spacial score (nSPS) is 55.5. The van der Waals surface area contributed by atoms with Gasteiger partial charge in [-0.3, -0.25) is 0 Å². The molecular weight excluding hydrogens is 184 g/mol. The van der Waals surface area contributed by atoms with E-state index in [1.165, 1.54) is 0 Å². The summed E-state index contributed by atoms with van der Waals surface area (Å²) in [6.45, 7) is 1.57.